The first-order valence-electron chi connectivity index (χ1n) is 12.1. The number of hydrogen-bond acceptors (Lipinski definition) is 5. The number of benzene rings is 1. The second-order valence-corrected chi connectivity index (χ2v) is 10.5. The Labute approximate surface area is 198 Å². The molecule has 0 bridgehead atoms. The van der Waals surface area contributed by atoms with Crippen LogP contribution in [0.1, 0.15) is 50.5 Å². The Balaban J connectivity index is 1.36. The van der Waals surface area contributed by atoms with Crippen molar-refractivity contribution in [2.24, 2.45) is 17.3 Å². The molecule has 2 fully saturated rings. The molecule has 1 aromatic heterocycles. The molecule has 2 saturated carbocycles. The number of pyridine rings is 1. The predicted octanol–water partition coefficient (Wildman–Crippen LogP) is 4.80. The van der Waals surface area contributed by atoms with Crippen LogP contribution in [0.3, 0.4) is 0 Å². The van der Waals surface area contributed by atoms with Crippen LogP contribution in [0.25, 0.3) is 10.8 Å². The number of carbonyl (C=O) groups is 2. The fraction of sp³-hybridized carbons (Fsp3) is 0.464. The Kier molecular flexibility index (Phi) is 4.92. The first-order valence-corrected chi connectivity index (χ1v) is 12.1. The third kappa shape index (κ3) is 3.15. The van der Waals surface area contributed by atoms with E-state index in [4.69, 9.17) is 9.47 Å². The Bertz CT molecular complexity index is 1260. The maximum atomic E-state index is 12.7. The lowest BCUT2D eigenvalue weighted by molar-refractivity contribution is -0.144. The summed E-state index contributed by atoms with van der Waals surface area (Å²) in [6.45, 7) is 2.35. The monoisotopic (exact) mass is 459 g/mol. The second-order valence-electron chi connectivity index (χ2n) is 10.5. The van der Waals surface area contributed by atoms with Gasteiger partial charge in [0.25, 0.3) is 0 Å². The van der Waals surface area contributed by atoms with Gasteiger partial charge in [-0.05, 0) is 59.4 Å². The zero-order valence-corrected chi connectivity index (χ0v) is 19.5. The van der Waals surface area contributed by atoms with Crippen LogP contribution in [0.5, 0.6) is 0 Å². The number of allylic oxidation sites excluding steroid dienone is 3. The lowest BCUT2D eigenvalue weighted by atomic mass is 9.61. The van der Waals surface area contributed by atoms with Gasteiger partial charge in [0.05, 0.1) is 17.6 Å². The number of Topliss-reactive ketones (excluding diaryl/α,β-unsaturated/α-hetero) is 1. The Morgan fingerprint density at radius 3 is 2.88 bits per heavy atom. The Morgan fingerprint density at radius 1 is 1.24 bits per heavy atom. The molecule has 0 amide bonds. The molecule has 1 aromatic carbocycles. The molecular weight excluding hydrogens is 430 g/mol. The molecule has 4 aliphatic rings. The van der Waals surface area contributed by atoms with Crippen molar-refractivity contribution in [3.8, 4) is 0 Å². The summed E-state index contributed by atoms with van der Waals surface area (Å²) in [5.41, 5.74) is 2.98. The Morgan fingerprint density at radius 2 is 2.09 bits per heavy atom. The second kappa shape index (κ2) is 7.77. The van der Waals surface area contributed by atoms with E-state index in [9.17, 15) is 14.7 Å². The normalized spacial score (nSPS) is 34.7. The van der Waals surface area contributed by atoms with Gasteiger partial charge in [0.15, 0.2) is 5.78 Å². The number of aliphatic carboxylic acids is 1. The van der Waals surface area contributed by atoms with Gasteiger partial charge < -0.3 is 14.6 Å². The van der Waals surface area contributed by atoms with Crippen LogP contribution in [0.4, 0.5) is 0 Å². The number of aromatic nitrogens is 1. The van der Waals surface area contributed by atoms with E-state index in [2.05, 4.69) is 30.1 Å². The fourth-order valence-corrected chi connectivity index (χ4v) is 7.05. The van der Waals surface area contributed by atoms with Crippen LogP contribution in [0.15, 0.2) is 59.6 Å². The van der Waals surface area contributed by atoms with Gasteiger partial charge in [-0.2, -0.15) is 0 Å². The number of fused-ring (bicyclic) bond motifs is 4. The number of carboxylic acid groups (broad SMARTS) is 1. The highest BCUT2D eigenvalue weighted by molar-refractivity contribution is 6.01. The highest BCUT2D eigenvalue weighted by Gasteiger charge is 2.59. The summed E-state index contributed by atoms with van der Waals surface area (Å²) in [7, 11) is 1.79. The maximum absolute atomic E-state index is 12.7. The minimum Gasteiger partial charge on any atom is -0.489 e. The van der Waals surface area contributed by atoms with E-state index in [1.807, 2.05) is 24.5 Å². The molecular formula is C28H29NO5. The molecule has 2 heterocycles. The molecule has 0 saturated heterocycles. The van der Waals surface area contributed by atoms with Crippen LogP contribution in [0.2, 0.25) is 0 Å². The fourth-order valence-electron chi connectivity index (χ4n) is 7.05. The van der Waals surface area contributed by atoms with Gasteiger partial charge in [-0.15, -0.1) is 0 Å². The lowest BCUT2D eigenvalue weighted by Crippen LogP contribution is -2.44. The Hall–Kier alpha value is -2.99. The highest BCUT2D eigenvalue weighted by Crippen LogP contribution is 2.62. The van der Waals surface area contributed by atoms with Gasteiger partial charge >= 0.3 is 5.97 Å². The van der Waals surface area contributed by atoms with E-state index in [0.717, 1.165) is 24.6 Å². The zero-order chi connectivity index (χ0) is 23.6. The number of ether oxygens (including phenoxy) is 2. The van der Waals surface area contributed by atoms with Crippen LogP contribution in [-0.4, -0.2) is 41.2 Å². The SMILES string of the molecule is CO[C@@H]1C[C@H]2[C@@H]3OC4=C(C=C3CC[C@]2(C)[C@H]1c1ccc2ccncc2c1)C(=O)CC(C(=O)O)C4. The molecule has 6 rings (SSSR count). The number of carboxylic acids is 1. The van der Waals surface area contributed by atoms with Gasteiger partial charge in [0, 0.05) is 49.6 Å². The van der Waals surface area contributed by atoms with Crippen molar-refractivity contribution < 1.29 is 24.2 Å². The predicted molar refractivity (Wildman–Crippen MR) is 126 cm³/mol. The molecule has 176 valence electrons. The first kappa shape index (κ1) is 21.5. The summed E-state index contributed by atoms with van der Waals surface area (Å²) in [4.78, 5) is 28.6. The van der Waals surface area contributed by atoms with E-state index in [0.29, 0.717) is 11.3 Å². The van der Waals surface area contributed by atoms with Crippen molar-refractivity contribution in [2.45, 2.75) is 57.2 Å². The molecule has 1 N–H and O–H groups in total. The molecule has 1 aliphatic heterocycles. The lowest BCUT2D eigenvalue weighted by Gasteiger charge is -2.48. The molecule has 0 radical (unpaired) electrons. The summed E-state index contributed by atoms with van der Waals surface area (Å²) < 4.78 is 12.6. The third-order valence-electron chi connectivity index (χ3n) is 8.84. The van der Waals surface area contributed by atoms with Gasteiger partial charge in [-0.25, -0.2) is 0 Å². The highest BCUT2D eigenvalue weighted by atomic mass is 16.5. The van der Waals surface area contributed by atoms with E-state index in [1.54, 1.807) is 7.11 Å². The van der Waals surface area contributed by atoms with Crippen LogP contribution in [0, 0.1) is 17.3 Å². The van der Waals surface area contributed by atoms with Crippen molar-refractivity contribution in [3.63, 3.8) is 0 Å². The molecule has 0 spiro atoms. The number of methoxy groups -OCH3 is 1. The van der Waals surface area contributed by atoms with Crippen molar-refractivity contribution >= 4 is 22.5 Å². The maximum Gasteiger partial charge on any atom is 0.307 e. The van der Waals surface area contributed by atoms with Crippen molar-refractivity contribution in [2.75, 3.05) is 7.11 Å². The van der Waals surface area contributed by atoms with Crippen LogP contribution < -0.4 is 0 Å². The third-order valence-corrected chi connectivity index (χ3v) is 8.84. The molecule has 34 heavy (non-hydrogen) atoms. The summed E-state index contributed by atoms with van der Waals surface area (Å²) in [5.74, 6) is -0.746. The van der Waals surface area contributed by atoms with Crippen LogP contribution >= 0.6 is 0 Å². The van der Waals surface area contributed by atoms with Gasteiger partial charge in [-0.1, -0.05) is 19.1 Å². The largest absolute Gasteiger partial charge is 0.489 e. The minimum absolute atomic E-state index is 0.0402. The summed E-state index contributed by atoms with van der Waals surface area (Å²) in [5, 5.41) is 11.8. The average molecular weight is 460 g/mol. The van der Waals surface area contributed by atoms with E-state index in [-0.39, 0.29) is 48.1 Å². The van der Waals surface area contributed by atoms with Crippen LogP contribution in [-0.2, 0) is 19.1 Å². The average Bonchev–Trinajstić information content (AvgIpc) is 3.15. The van der Waals surface area contributed by atoms with E-state index in [1.165, 1.54) is 16.5 Å². The number of ketones is 1. The van der Waals surface area contributed by atoms with E-state index < -0.39 is 11.9 Å². The van der Waals surface area contributed by atoms with Crippen molar-refractivity contribution in [1.29, 1.82) is 0 Å². The van der Waals surface area contributed by atoms with E-state index >= 15 is 0 Å². The van der Waals surface area contributed by atoms with Gasteiger partial charge in [-0.3, -0.25) is 14.6 Å². The van der Waals surface area contributed by atoms with Gasteiger partial charge in [0.1, 0.15) is 11.9 Å². The number of nitrogens with zero attached hydrogens (tertiary/aromatic N) is 1. The first-order chi connectivity index (χ1) is 16.4. The molecule has 3 aliphatic carbocycles. The number of carbonyl (C=O) groups excluding carboxylic acids is 1. The zero-order valence-electron chi connectivity index (χ0n) is 19.5. The molecule has 6 nitrogen and oxygen atoms in total. The standard InChI is InChI=1S/C28H29NO5/c1-28-7-5-17-10-20-22(30)11-18(27(31)32)12-23(20)34-26(17)21(28)13-24(33-2)25(28)16-4-3-15-6-8-29-14-19(15)9-16/h3-4,6,8-10,14,18,21,24-26H,5,7,11-13H2,1-2H3,(H,31,32)/t18?,21-,24+,25-,26+,28-/m0/s1. The number of rotatable bonds is 3. The molecule has 2 aromatic rings. The summed E-state index contributed by atoms with van der Waals surface area (Å²) in [6, 6.07) is 8.66. The number of hydrogen-bond donors (Lipinski definition) is 1. The van der Waals surface area contributed by atoms with Gasteiger partial charge in [0.2, 0.25) is 0 Å². The minimum atomic E-state index is -0.932. The molecule has 1 unspecified atom stereocenters. The van der Waals surface area contributed by atoms with Crippen molar-refractivity contribution in [3.05, 3.63) is 65.2 Å². The quantitative estimate of drug-likeness (QED) is 0.710. The summed E-state index contributed by atoms with van der Waals surface area (Å²) >= 11 is 0. The van der Waals surface area contributed by atoms with Crippen molar-refractivity contribution in [1.82, 2.24) is 4.98 Å². The smallest absolute Gasteiger partial charge is 0.307 e. The molecule has 6 heteroatoms. The topological polar surface area (TPSA) is 85.7 Å². The summed E-state index contributed by atoms with van der Waals surface area (Å²) in [6.07, 6.45) is 8.73. The molecule has 6 atom stereocenters.